The van der Waals surface area contributed by atoms with E-state index in [4.69, 9.17) is 9.47 Å². The summed E-state index contributed by atoms with van der Waals surface area (Å²) >= 11 is 0. The van der Waals surface area contributed by atoms with E-state index in [0.29, 0.717) is 0 Å². The van der Waals surface area contributed by atoms with Crippen molar-refractivity contribution in [3.05, 3.63) is 24.3 Å². The van der Waals surface area contributed by atoms with Crippen LogP contribution in [0.5, 0.6) is 11.5 Å². The maximum absolute atomic E-state index is 5.94. The van der Waals surface area contributed by atoms with Crippen molar-refractivity contribution in [2.75, 3.05) is 20.2 Å². The molecule has 3 nitrogen and oxygen atoms in total. The number of para-hydroxylation sites is 2. The van der Waals surface area contributed by atoms with E-state index in [1.807, 2.05) is 24.3 Å². The van der Waals surface area contributed by atoms with Crippen LogP contribution < -0.4 is 14.8 Å². The first-order chi connectivity index (χ1) is 8.31. The predicted octanol–water partition coefficient (Wildman–Crippen LogP) is 2.85. The van der Waals surface area contributed by atoms with Gasteiger partial charge < -0.3 is 14.8 Å². The Labute approximate surface area is 104 Å². The van der Waals surface area contributed by atoms with E-state index < -0.39 is 0 Å². The van der Waals surface area contributed by atoms with Crippen LogP contribution in [-0.4, -0.2) is 26.3 Å². The quantitative estimate of drug-likeness (QED) is 0.705. The maximum Gasteiger partial charge on any atom is 0.161 e. The van der Waals surface area contributed by atoms with Crippen LogP contribution in [0.25, 0.3) is 0 Å². The first-order valence-electron chi connectivity index (χ1n) is 6.32. The molecule has 0 radical (unpaired) electrons. The molecule has 0 amide bonds. The monoisotopic (exact) mass is 237 g/mol. The zero-order chi connectivity index (χ0) is 12.5. The molecular weight excluding hydrogens is 214 g/mol. The van der Waals surface area contributed by atoms with Gasteiger partial charge in [0.25, 0.3) is 0 Å². The molecule has 1 N–H and O–H groups in total. The summed E-state index contributed by atoms with van der Waals surface area (Å²) in [5.41, 5.74) is 0. The average molecular weight is 237 g/mol. The van der Waals surface area contributed by atoms with E-state index in [-0.39, 0.29) is 6.10 Å². The molecule has 0 saturated heterocycles. The highest BCUT2D eigenvalue weighted by molar-refractivity contribution is 5.39. The lowest BCUT2D eigenvalue weighted by Crippen LogP contribution is -2.31. The summed E-state index contributed by atoms with van der Waals surface area (Å²) in [6, 6.07) is 7.77. The second-order valence-corrected chi connectivity index (χ2v) is 4.00. The molecule has 17 heavy (non-hydrogen) atoms. The van der Waals surface area contributed by atoms with Crippen LogP contribution in [0.2, 0.25) is 0 Å². The highest BCUT2D eigenvalue weighted by Gasteiger charge is 2.10. The summed E-state index contributed by atoms with van der Waals surface area (Å²) in [4.78, 5) is 0. The average Bonchev–Trinajstić information content (AvgIpc) is 2.38. The number of ether oxygens (including phenoxy) is 2. The van der Waals surface area contributed by atoms with E-state index in [9.17, 15) is 0 Å². The number of nitrogens with one attached hydrogen (secondary N) is 1. The smallest absolute Gasteiger partial charge is 0.161 e. The standard InChI is InChI=1S/C14H23NO2/c1-4-10-15-11-12(5-2)17-14-9-7-6-8-13(14)16-3/h6-9,12,15H,4-5,10-11H2,1-3H3. The summed E-state index contributed by atoms with van der Waals surface area (Å²) in [5, 5.41) is 3.38. The Morgan fingerprint density at radius 3 is 2.47 bits per heavy atom. The highest BCUT2D eigenvalue weighted by Crippen LogP contribution is 2.27. The SMILES string of the molecule is CCCNCC(CC)Oc1ccccc1OC. The Morgan fingerprint density at radius 1 is 1.18 bits per heavy atom. The molecule has 1 rings (SSSR count). The van der Waals surface area contributed by atoms with Gasteiger partial charge in [-0.25, -0.2) is 0 Å². The molecule has 96 valence electrons. The molecule has 0 aliphatic rings. The molecule has 1 aromatic rings. The van der Waals surface area contributed by atoms with Crippen molar-refractivity contribution in [3.63, 3.8) is 0 Å². The van der Waals surface area contributed by atoms with E-state index in [2.05, 4.69) is 19.2 Å². The Morgan fingerprint density at radius 2 is 1.88 bits per heavy atom. The molecule has 1 atom stereocenters. The van der Waals surface area contributed by atoms with E-state index in [1.165, 1.54) is 0 Å². The van der Waals surface area contributed by atoms with Gasteiger partial charge in [0, 0.05) is 6.54 Å². The molecule has 1 aromatic carbocycles. The Hall–Kier alpha value is -1.22. The van der Waals surface area contributed by atoms with Gasteiger partial charge in [-0.3, -0.25) is 0 Å². The van der Waals surface area contributed by atoms with Gasteiger partial charge in [-0.2, -0.15) is 0 Å². The van der Waals surface area contributed by atoms with Crippen LogP contribution in [0.1, 0.15) is 26.7 Å². The first kappa shape index (κ1) is 13.8. The van der Waals surface area contributed by atoms with Crippen molar-refractivity contribution in [1.82, 2.24) is 5.32 Å². The van der Waals surface area contributed by atoms with Gasteiger partial charge in [-0.1, -0.05) is 26.0 Å². The van der Waals surface area contributed by atoms with Gasteiger partial charge in [0.1, 0.15) is 6.10 Å². The normalized spacial score (nSPS) is 12.2. The first-order valence-corrected chi connectivity index (χ1v) is 6.32. The Kier molecular flexibility index (Phi) is 6.48. The lowest BCUT2D eigenvalue weighted by molar-refractivity contribution is 0.186. The maximum atomic E-state index is 5.94. The van der Waals surface area contributed by atoms with Crippen LogP contribution in [0.4, 0.5) is 0 Å². The zero-order valence-corrected chi connectivity index (χ0v) is 11.0. The Balaban J connectivity index is 2.54. The molecule has 0 saturated carbocycles. The number of hydrogen-bond donors (Lipinski definition) is 1. The van der Waals surface area contributed by atoms with Crippen LogP contribution in [0.15, 0.2) is 24.3 Å². The van der Waals surface area contributed by atoms with Crippen LogP contribution in [0, 0.1) is 0 Å². The third-order valence-corrected chi connectivity index (χ3v) is 2.62. The molecule has 0 aliphatic heterocycles. The largest absolute Gasteiger partial charge is 0.493 e. The van der Waals surface area contributed by atoms with Crippen molar-refractivity contribution in [2.45, 2.75) is 32.8 Å². The molecule has 0 aliphatic carbocycles. The van der Waals surface area contributed by atoms with E-state index in [0.717, 1.165) is 37.4 Å². The van der Waals surface area contributed by atoms with Crippen LogP contribution >= 0.6 is 0 Å². The fraction of sp³-hybridized carbons (Fsp3) is 0.571. The second kappa shape index (κ2) is 7.96. The van der Waals surface area contributed by atoms with Gasteiger partial charge in [-0.15, -0.1) is 0 Å². The van der Waals surface area contributed by atoms with Crippen LogP contribution in [0.3, 0.4) is 0 Å². The fourth-order valence-corrected chi connectivity index (χ4v) is 1.60. The molecule has 0 spiro atoms. The summed E-state index contributed by atoms with van der Waals surface area (Å²) in [7, 11) is 1.67. The highest BCUT2D eigenvalue weighted by atomic mass is 16.5. The zero-order valence-electron chi connectivity index (χ0n) is 11.0. The fourth-order valence-electron chi connectivity index (χ4n) is 1.60. The number of rotatable bonds is 8. The number of methoxy groups -OCH3 is 1. The van der Waals surface area contributed by atoms with Gasteiger partial charge in [0.15, 0.2) is 11.5 Å². The van der Waals surface area contributed by atoms with Gasteiger partial charge >= 0.3 is 0 Å². The second-order valence-electron chi connectivity index (χ2n) is 4.00. The van der Waals surface area contributed by atoms with Gasteiger partial charge in [0.05, 0.1) is 7.11 Å². The summed E-state index contributed by atoms with van der Waals surface area (Å²) in [6.45, 7) is 6.21. The van der Waals surface area contributed by atoms with Gasteiger partial charge in [-0.05, 0) is 31.5 Å². The Bertz CT molecular complexity index is 315. The number of hydrogen-bond acceptors (Lipinski definition) is 3. The predicted molar refractivity (Wildman–Crippen MR) is 70.9 cm³/mol. The minimum atomic E-state index is 0.192. The van der Waals surface area contributed by atoms with Crippen molar-refractivity contribution in [3.8, 4) is 11.5 Å². The molecule has 3 heteroatoms. The van der Waals surface area contributed by atoms with Crippen molar-refractivity contribution in [2.24, 2.45) is 0 Å². The molecule has 0 heterocycles. The summed E-state index contributed by atoms with van der Waals surface area (Å²) in [6.07, 6.45) is 2.32. The lowest BCUT2D eigenvalue weighted by atomic mass is 10.2. The summed E-state index contributed by atoms with van der Waals surface area (Å²) in [5.74, 6) is 1.61. The topological polar surface area (TPSA) is 30.5 Å². The van der Waals surface area contributed by atoms with Gasteiger partial charge in [0.2, 0.25) is 0 Å². The molecule has 0 aromatic heterocycles. The van der Waals surface area contributed by atoms with Crippen molar-refractivity contribution < 1.29 is 9.47 Å². The van der Waals surface area contributed by atoms with E-state index >= 15 is 0 Å². The molecule has 0 fully saturated rings. The van der Waals surface area contributed by atoms with E-state index in [1.54, 1.807) is 7.11 Å². The van der Waals surface area contributed by atoms with Crippen molar-refractivity contribution in [1.29, 1.82) is 0 Å². The summed E-state index contributed by atoms with van der Waals surface area (Å²) < 4.78 is 11.2. The molecule has 0 bridgehead atoms. The molecular formula is C14H23NO2. The minimum absolute atomic E-state index is 0.192. The number of benzene rings is 1. The minimum Gasteiger partial charge on any atom is -0.493 e. The third kappa shape index (κ3) is 4.65. The van der Waals surface area contributed by atoms with Crippen LogP contribution in [-0.2, 0) is 0 Å². The lowest BCUT2D eigenvalue weighted by Gasteiger charge is -2.19. The third-order valence-electron chi connectivity index (χ3n) is 2.62. The molecule has 1 unspecified atom stereocenters. The van der Waals surface area contributed by atoms with Crippen molar-refractivity contribution >= 4 is 0 Å².